The molecule has 2 heterocycles. The van der Waals surface area contributed by atoms with E-state index < -0.39 is 6.04 Å². The van der Waals surface area contributed by atoms with Crippen LogP contribution >= 0.6 is 0 Å². The third kappa shape index (κ3) is 4.62. The fourth-order valence-corrected chi connectivity index (χ4v) is 3.52. The van der Waals surface area contributed by atoms with Crippen LogP contribution in [0.1, 0.15) is 18.2 Å². The number of hydrogen-bond acceptors (Lipinski definition) is 7. The lowest BCUT2D eigenvalue weighted by atomic mass is 10.1. The van der Waals surface area contributed by atoms with Crippen molar-refractivity contribution in [2.75, 3.05) is 19.5 Å². The molecule has 9 heteroatoms. The SMILES string of the molecule is COc1cc(-n2nccc2OC)ccc1-n1ccc(=O)c(C(CC=N)Nc2ccccc2)n1. The fourth-order valence-electron chi connectivity index (χ4n) is 3.52. The maximum atomic E-state index is 12.7. The summed E-state index contributed by atoms with van der Waals surface area (Å²) in [6.45, 7) is 0. The number of para-hydroxylation sites is 1. The van der Waals surface area contributed by atoms with Crippen molar-refractivity contribution >= 4 is 11.9 Å². The Morgan fingerprint density at radius 2 is 1.91 bits per heavy atom. The van der Waals surface area contributed by atoms with Crippen molar-refractivity contribution in [2.24, 2.45) is 0 Å². The summed E-state index contributed by atoms with van der Waals surface area (Å²) in [6.07, 6.45) is 4.84. The first kappa shape index (κ1) is 21.8. The summed E-state index contributed by atoms with van der Waals surface area (Å²) in [5.41, 5.74) is 2.35. The summed E-state index contributed by atoms with van der Waals surface area (Å²) in [7, 11) is 3.15. The zero-order chi connectivity index (χ0) is 23.2. The van der Waals surface area contributed by atoms with E-state index in [1.807, 2.05) is 48.5 Å². The summed E-state index contributed by atoms with van der Waals surface area (Å²) in [5, 5.41) is 19.8. The summed E-state index contributed by atoms with van der Waals surface area (Å²) in [6, 6.07) is 17.8. The molecule has 2 aromatic heterocycles. The van der Waals surface area contributed by atoms with Crippen LogP contribution in [0.3, 0.4) is 0 Å². The minimum Gasteiger partial charge on any atom is -0.494 e. The van der Waals surface area contributed by atoms with Gasteiger partial charge in [0.05, 0.1) is 32.1 Å². The number of nitrogens with one attached hydrogen (secondary N) is 2. The van der Waals surface area contributed by atoms with Gasteiger partial charge in [-0.25, -0.2) is 9.36 Å². The minimum absolute atomic E-state index is 0.210. The van der Waals surface area contributed by atoms with E-state index in [0.29, 0.717) is 29.4 Å². The molecule has 0 saturated heterocycles. The lowest BCUT2D eigenvalue weighted by Gasteiger charge is -2.19. The van der Waals surface area contributed by atoms with Gasteiger partial charge in [-0.2, -0.15) is 10.2 Å². The summed E-state index contributed by atoms with van der Waals surface area (Å²) in [4.78, 5) is 12.7. The lowest BCUT2D eigenvalue weighted by molar-refractivity contribution is 0.382. The molecule has 0 saturated carbocycles. The number of ether oxygens (including phenoxy) is 2. The lowest BCUT2D eigenvalue weighted by Crippen LogP contribution is -2.24. The van der Waals surface area contributed by atoms with Crippen molar-refractivity contribution in [2.45, 2.75) is 12.5 Å². The van der Waals surface area contributed by atoms with Gasteiger partial charge in [0, 0.05) is 36.5 Å². The van der Waals surface area contributed by atoms with E-state index in [1.165, 1.54) is 12.3 Å². The van der Waals surface area contributed by atoms with Gasteiger partial charge in [0.15, 0.2) is 0 Å². The van der Waals surface area contributed by atoms with Gasteiger partial charge in [-0.1, -0.05) is 18.2 Å². The molecule has 9 nitrogen and oxygen atoms in total. The molecule has 0 fully saturated rings. The van der Waals surface area contributed by atoms with Crippen LogP contribution in [0.5, 0.6) is 11.6 Å². The largest absolute Gasteiger partial charge is 0.494 e. The van der Waals surface area contributed by atoms with E-state index in [1.54, 1.807) is 42.0 Å². The van der Waals surface area contributed by atoms with E-state index in [2.05, 4.69) is 15.5 Å². The second-order valence-electron chi connectivity index (χ2n) is 7.15. The van der Waals surface area contributed by atoms with Gasteiger partial charge >= 0.3 is 0 Å². The predicted octanol–water partition coefficient (Wildman–Crippen LogP) is 3.63. The van der Waals surface area contributed by atoms with E-state index in [0.717, 1.165) is 11.4 Å². The molecule has 4 aromatic rings. The highest BCUT2D eigenvalue weighted by molar-refractivity contribution is 5.57. The Morgan fingerprint density at radius 1 is 1.09 bits per heavy atom. The molecule has 0 amide bonds. The Morgan fingerprint density at radius 3 is 2.64 bits per heavy atom. The van der Waals surface area contributed by atoms with Crippen LogP contribution in [0.15, 0.2) is 77.9 Å². The fraction of sp³-hybridized carbons (Fsp3) is 0.167. The van der Waals surface area contributed by atoms with Gasteiger partial charge < -0.3 is 20.2 Å². The van der Waals surface area contributed by atoms with Crippen molar-refractivity contribution < 1.29 is 9.47 Å². The Labute approximate surface area is 190 Å². The number of rotatable bonds is 9. The summed E-state index contributed by atoms with van der Waals surface area (Å²) >= 11 is 0. The summed E-state index contributed by atoms with van der Waals surface area (Å²) in [5.74, 6) is 1.14. The molecule has 4 rings (SSSR count). The Hall–Kier alpha value is -4.40. The molecular weight excluding hydrogens is 420 g/mol. The second-order valence-corrected chi connectivity index (χ2v) is 7.15. The first-order valence-electron chi connectivity index (χ1n) is 10.3. The Balaban J connectivity index is 1.73. The van der Waals surface area contributed by atoms with Crippen LogP contribution in [0.4, 0.5) is 5.69 Å². The van der Waals surface area contributed by atoms with E-state index >= 15 is 0 Å². The molecule has 2 N–H and O–H groups in total. The van der Waals surface area contributed by atoms with Crippen molar-refractivity contribution in [3.05, 3.63) is 89.0 Å². The topological polar surface area (TPSA) is 107 Å². The number of aromatic nitrogens is 4. The molecule has 168 valence electrons. The molecule has 0 aliphatic carbocycles. The van der Waals surface area contributed by atoms with Crippen molar-refractivity contribution in [3.8, 4) is 23.0 Å². The molecule has 2 aromatic carbocycles. The molecule has 33 heavy (non-hydrogen) atoms. The van der Waals surface area contributed by atoms with Gasteiger partial charge in [-0.05, 0) is 30.5 Å². The average molecular weight is 444 g/mol. The first-order chi connectivity index (χ1) is 16.1. The third-order valence-corrected chi connectivity index (χ3v) is 5.11. The van der Waals surface area contributed by atoms with E-state index in [-0.39, 0.29) is 5.43 Å². The molecule has 1 atom stereocenters. The van der Waals surface area contributed by atoms with Crippen LogP contribution in [0, 0.1) is 5.41 Å². The normalized spacial score (nSPS) is 11.6. The number of hydrogen-bond donors (Lipinski definition) is 2. The first-order valence-corrected chi connectivity index (χ1v) is 10.3. The quantitative estimate of drug-likeness (QED) is 0.382. The van der Waals surface area contributed by atoms with E-state index in [4.69, 9.17) is 14.9 Å². The number of anilines is 1. The van der Waals surface area contributed by atoms with E-state index in [9.17, 15) is 4.79 Å². The van der Waals surface area contributed by atoms with Gasteiger partial charge in [0.1, 0.15) is 17.1 Å². The van der Waals surface area contributed by atoms with Crippen LogP contribution in [-0.2, 0) is 0 Å². The second kappa shape index (κ2) is 9.82. The zero-order valence-corrected chi connectivity index (χ0v) is 18.3. The molecule has 0 aliphatic heterocycles. The van der Waals surface area contributed by atoms with Crippen LogP contribution < -0.4 is 20.2 Å². The van der Waals surface area contributed by atoms with Crippen LogP contribution in [0.2, 0.25) is 0 Å². The maximum Gasteiger partial charge on any atom is 0.216 e. The molecular formula is C24H24N6O3. The maximum absolute atomic E-state index is 12.7. The highest BCUT2D eigenvalue weighted by Gasteiger charge is 2.18. The monoisotopic (exact) mass is 444 g/mol. The Kier molecular flexibility index (Phi) is 6.49. The van der Waals surface area contributed by atoms with Crippen LogP contribution in [0.25, 0.3) is 11.4 Å². The minimum atomic E-state index is -0.455. The molecule has 0 aliphatic rings. The number of nitrogens with zero attached hydrogens (tertiary/aromatic N) is 4. The molecule has 0 bridgehead atoms. The standard InChI is InChI=1S/C24H24N6O3/c1-32-22-16-18(30-23(33-2)11-14-26-30)8-9-20(22)29-15-12-21(31)24(28-29)19(10-13-25)27-17-6-4-3-5-7-17/h3-9,11-16,19,25,27H,10H2,1-2H3. The molecule has 0 radical (unpaired) electrons. The van der Waals surface area contributed by atoms with Gasteiger partial charge in [-0.15, -0.1) is 0 Å². The molecule has 1 unspecified atom stereocenters. The third-order valence-electron chi connectivity index (χ3n) is 5.11. The van der Waals surface area contributed by atoms with Crippen molar-refractivity contribution in [3.63, 3.8) is 0 Å². The van der Waals surface area contributed by atoms with Gasteiger partial charge in [0.2, 0.25) is 11.3 Å². The highest BCUT2D eigenvalue weighted by Crippen LogP contribution is 2.27. The Bertz CT molecular complexity index is 1300. The predicted molar refractivity (Wildman–Crippen MR) is 126 cm³/mol. The number of benzene rings is 2. The average Bonchev–Trinajstić information content (AvgIpc) is 3.33. The smallest absolute Gasteiger partial charge is 0.216 e. The summed E-state index contributed by atoms with van der Waals surface area (Å²) < 4.78 is 14.2. The van der Waals surface area contributed by atoms with Gasteiger partial charge in [-0.3, -0.25) is 4.79 Å². The van der Waals surface area contributed by atoms with Crippen molar-refractivity contribution in [1.82, 2.24) is 19.6 Å². The molecule has 0 spiro atoms. The highest BCUT2D eigenvalue weighted by atomic mass is 16.5. The van der Waals surface area contributed by atoms with Gasteiger partial charge in [0.25, 0.3) is 0 Å². The zero-order valence-electron chi connectivity index (χ0n) is 18.3. The number of methoxy groups -OCH3 is 2. The van der Waals surface area contributed by atoms with Crippen LogP contribution in [-0.4, -0.2) is 40.0 Å². The van der Waals surface area contributed by atoms with Crippen molar-refractivity contribution in [1.29, 1.82) is 5.41 Å².